The van der Waals surface area contributed by atoms with Gasteiger partial charge in [-0.1, -0.05) is 26.7 Å². The van der Waals surface area contributed by atoms with E-state index < -0.39 is 0 Å². The SMILES string of the molecule is C[C@]12CCCCC1CC[C@@H]1[C@@H]2CC[C@]2(C)C(O)=C(O)C[C@@H]12. The molecule has 0 radical (unpaired) electrons. The van der Waals surface area contributed by atoms with Crippen molar-refractivity contribution in [1.82, 2.24) is 0 Å². The van der Waals surface area contributed by atoms with Crippen LogP contribution in [-0.2, 0) is 0 Å². The van der Waals surface area contributed by atoms with Gasteiger partial charge in [-0.2, -0.15) is 0 Å². The molecule has 0 aromatic rings. The summed E-state index contributed by atoms with van der Waals surface area (Å²) in [6.45, 7) is 4.76. The number of aliphatic hydroxyl groups is 2. The zero-order valence-electron chi connectivity index (χ0n) is 13.6. The van der Waals surface area contributed by atoms with E-state index in [-0.39, 0.29) is 5.41 Å². The molecule has 3 fully saturated rings. The summed E-state index contributed by atoms with van der Waals surface area (Å²) in [4.78, 5) is 0. The molecule has 4 aliphatic carbocycles. The van der Waals surface area contributed by atoms with E-state index in [0.29, 0.717) is 22.9 Å². The van der Waals surface area contributed by atoms with E-state index in [2.05, 4.69) is 13.8 Å². The minimum Gasteiger partial charge on any atom is -0.509 e. The molecule has 0 heterocycles. The molecule has 0 aliphatic heterocycles. The molecule has 6 atom stereocenters. The third-order valence-electron chi connectivity index (χ3n) is 8.20. The van der Waals surface area contributed by atoms with Crippen LogP contribution in [0.4, 0.5) is 0 Å². The van der Waals surface area contributed by atoms with Crippen LogP contribution < -0.4 is 0 Å². The van der Waals surface area contributed by atoms with Gasteiger partial charge in [0.2, 0.25) is 0 Å². The lowest BCUT2D eigenvalue weighted by molar-refractivity contribution is -0.104. The van der Waals surface area contributed by atoms with Gasteiger partial charge in [-0.15, -0.1) is 0 Å². The molecule has 0 aromatic heterocycles. The van der Waals surface area contributed by atoms with Gasteiger partial charge in [-0.25, -0.2) is 0 Å². The van der Waals surface area contributed by atoms with Gasteiger partial charge in [-0.05, 0) is 67.6 Å². The van der Waals surface area contributed by atoms with Gasteiger partial charge in [0.25, 0.3) is 0 Å². The van der Waals surface area contributed by atoms with Crippen molar-refractivity contribution in [2.24, 2.45) is 34.5 Å². The number of aliphatic hydroxyl groups excluding tert-OH is 2. The summed E-state index contributed by atoms with van der Waals surface area (Å²) in [5.74, 6) is 3.58. The molecule has 118 valence electrons. The van der Waals surface area contributed by atoms with Gasteiger partial charge in [0.15, 0.2) is 0 Å². The Morgan fingerprint density at radius 3 is 2.52 bits per heavy atom. The first-order valence-electron chi connectivity index (χ1n) is 9.08. The first-order chi connectivity index (χ1) is 9.97. The molecule has 2 N–H and O–H groups in total. The monoisotopic (exact) mass is 290 g/mol. The van der Waals surface area contributed by atoms with Crippen molar-refractivity contribution in [1.29, 1.82) is 0 Å². The van der Waals surface area contributed by atoms with Gasteiger partial charge < -0.3 is 10.2 Å². The zero-order valence-corrected chi connectivity index (χ0v) is 13.6. The van der Waals surface area contributed by atoms with Crippen molar-refractivity contribution in [3.8, 4) is 0 Å². The molecule has 0 bridgehead atoms. The number of allylic oxidation sites excluding steroid dienone is 2. The Balaban J connectivity index is 1.66. The maximum absolute atomic E-state index is 10.4. The smallest absolute Gasteiger partial charge is 0.136 e. The highest BCUT2D eigenvalue weighted by Gasteiger charge is 2.59. The van der Waals surface area contributed by atoms with Crippen LogP contribution in [-0.4, -0.2) is 10.2 Å². The number of fused-ring (bicyclic) bond motifs is 5. The normalized spacial score (nSPS) is 53.0. The summed E-state index contributed by atoms with van der Waals surface area (Å²) in [6.07, 6.45) is 11.4. The maximum atomic E-state index is 10.4. The van der Waals surface area contributed by atoms with E-state index in [0.717, 1.165) is 30.6 Å². The van der Waals surface area contributed by atoms with E-state index in [1.165, 1.54) is 44.9 Å². The fourth-order valence-corrected chi connectivity index (χ4v) is 6.92. The lowest BCUT2D eigenvalue weighted by Gasteiger charge is -2.59. The van der Waals surface area contributed by atoms with Crippen LogP contribution in [0.25, 0.3) is 0 Å². The average Bonchev–Trinajstić information content (AvgIpc) is 2.70. The minimum absolute atomic E-state index is 0.136. The maximum Gasteiger partial charge on any atom is 0.136 e. The van der Waals surface area contributed by atoms with Crippen LogP contribution in [0.3, 0.4) is 0 Å². The summed E-state index contributed by atoms with van der Waals surface area (Å²) in [5, 5.41) is 20.5. The Kier molecular flexibility index (Phi) is 2.94. The van der Waals surface area contributed by atoms with E-state index in [1.807, 2.05) is 0 Å². The molecule has 21 heavy (non-hydrogen) atoms. The van der Waals surface area contributed by atoms with Gasteiger partial charge >= 0.3 is 0 Å². The van der Waals surface area contributed by atoms with Gasteiger partial charge in [0.1, 0.15) is 11.5 Å². The molecule has 4 aliphatic rings. The van der Waals surface area contributed by atoms with E-state index >= 15 is 0 Å². The summed E-state index contributed by atoms with van der Waals surface area (Å²) < 4.78 is 0. The predicted octanol–water partition coefficient (Wildman–Crippen LogP) is 5.36. The van der Waals surface area contributed by atoms with Crippen LogP contribution in [0, 0.1) is 34.5 Å². The average molecular weight is 290 g/mol. The molecule has 2 nitrogen and oxygen atoms in total. The second kappa shape index (κ2) is 4.43. The molecular weight excluding hydrogens is 260 g/mol. The Labute approximate surface area is 128 Å². The van der Waals surface area contributed by atoms with E-state index in [1.54, 1.807) is 0 Å². The van der Waals surface area contributed by atoms with Crippen LogP contribution in [0.5, 0.6) is 0 Å². The summed E-state index contributed by atoms with van der Waals surface area (Å²) in [6, 6.07) is 0. The molecule has 2 heteroatoms. The Morgan fingerprint density at radius 2 is 1.71 bits per heavy atom. The largest absolute Gasteiger partial charge is 0.509 e. The van der Waals surface area contributed by atoms with Gasteiger partial charge in [-0.3, -0.25) is 0 Å². The topological polar surface area (TPSA) is 40.5 Å². The molecule has 4 rings (SSSR count). The van der Waals surface area contributed by atoms with Crippen molar-refractivity contribution in [3.63, 3.8) is 0 Å². The molecule has 0 amide bonds. The first-order valence-corrected chi connectivity index (χ1v) is 9.08. The van der Waals surface area contributed by atoms with Crippen LogP contribution >= 0.6 is 0 Å². The van der Waals surface area contributed by atoms with Gasteiger partial charge in [0, 0.05) is 11.8 Å². The number of rotatable bonds is 0. The lowest BCUT2D eigenvalue weighted by atomic mass is 9.45. The van der Waals surface area contributed by atoms with Crippen molar-refractivity contribution >= 4 is 0 Å². The van der Waals surface area contributed by atoms with Crippen LogP contribution in [0.15, 0.2) is 11.5 Å². The highest BCUT2D eigenvalue weighted by atomic mass is 16.3. The van der Waals surface area contributed by atoms with E-state index in [9.17, 15) is 10.2 Å². The Hall–Kier alpha value is -0.660. The molecule has 0 spiro atoms. The van der Waals surface area contributed by atoms with Crippen molar-refractivity contribution in [2.75, 3.05) is 0 Å². The summed E-state index contributed by atoms with van der Waals surface area (Å²) in [7, 11) is 0. The fourth-order valence-electron chi connectivity index (χ4n) is 6.92. The van der Waals surface area contributed by atoms with Crippen molar-refractivity contribution < 1.29 is 10.2 Å². The molecule has 0 aromatic carbocycles. The minimum atomic E-state index is -0.136. The molecular formula is C19H30O2. The third kappa shape index (κ3) is 1.71. The first kappa shape index (κ1) is 14.0. The molecule has 0 saturated heterocycles. The highest BCUT2D eigenvalue weighted by Crippen LogP contribution is 2.66. The predicted molar refractivity (Wildman–Crippen MR) is 84.0 cm³/mol. The highest BCUT2D eigenvalue weighted by molar-refractivity contribution is 5.23. The van der Waals surface area contributed by atoms with E-state index in [4.69, 9.17) is 0 Å². The second-order valence-electron chi connectivity index (χ2n) is 8.86. The van der Waals surface area contributed by atoms with Gasteiger partial charge in [0.05, 0.1) is 0 Å². The van der Waals surface area contributed by atoms with Crippen LogP contribution in [0.2, 0.25) is 0 Å². The molecule has 3 saturated carbocycles. The number of hydrogen-bond donors (Lipinski definition) is 2. The van der Waals surface area contributed by atoms with Crippen molar-refractivity contribution in [3.05, 3.63) is 11.5 Å². The number of hydrogen-bond acceptors (Lipinski definition) is 2. The quantitative estimate of drug-likeness (QED) is 0.630. The fraction of sp³-hybridized carbons (Fsp3) is 0.895. The summed E-state index contributed by atoms with van der Waals surface area (Å²) >= 11 is 0. The standard InChI is InChI=1S/C19H30O2/c1-18-9-4-3-5-12(18)6-7-13-14(18)8-10-19(2)15(13)11-16(20)17(19)21/h12-15,20-21H,3-11H2,1-2H3/t12?,13-,14+,15+,18+,19+/m1/s1. The Bertz CT molecular complexity index is 482. The Morgan fingerprint density at radius 1 is 0.905 bits per heavy atom. The van der Waals surface area contributed by atoms with Crippen LogP contribution in [0.1, 0.15) is 71.6 Å². The molecule has 1 unspecified atom stereocenters. The second-order valence-corrected chi connectivity index (χ2v) is 8.86. The third-order valence-corrected chi connectivity index (χ3v) is 8.20. The zero-order chi connectivity index (χ0) is 14.8. The summed E-state index contributed by atoms with van der Waals surface area (Å²) in [5.41, 5.74) is 0.402. The lowest BCUT2D eigenvalue weighted by Crippen LogP contribution is -2.52. The van der Waals surface area contributed by atoms with Crippen molar-refractivity contribution in [2.45, 2.75) is 71.6 Å².